The second-order valence-electron chi connectivity index (χ2n) is 7.07. The molecule has 0 saturated carbocycles. The molecule has 0 radical (unpaired) electrons. The number of hydrogen-bond acceptors (Lipinski definition) is 3. The number of likely N-dealkylation sites (tertiary alicyclic amines) is 1. The molecule has 1 fully saturated rings. The van der Waals surface area contributed by atoms with Gasteiger partial charge in [-0.25, -0.2) is 9.78 Å². The number of imidazole rings is 1. The predicted octanol–water partition coefficient (Wildman–Crippen LogP) is 4.71. The van der Waals surface area contributed by atoms with Gasteiger partial charge >= 0.3 is 6.09 Å². The SMILES string of the molecule is Cc1cc(Br)cc2[nH]c([C@@H]3CCCN3C(=O)OC(C)(C)C)nc12. The second-order valence-corrected chi connectivity index (χ2v) is 7.99. The molecule has 2 aromatic rings. The molecule has 1 saturated heterocycles. The molecular formula is C17H22BrN3O2. The molecule has 1 amide bonds. The maximum absolute atomic E-state index is 12.4. The van der Waals surface area contributed by atoms with Crippen molar-refractivity contribution in [1.82, 2.24) is 14.9 Å². The van der Waals surface area contributed by atoms with Gasteiger partial charge in [0.2, 0.25) is 0 Å². The van der Waals surface area contributed by atoms with Crippen molar-refractivity contribution in [2.24, 2.45) is 0 Å². The molecule has 0 spiro atoms. The summed E-state index contributed by atoms with van der Waals surface area (Å²) < 4.78 is 6.55. The number of hydrogen-bond donors (Lipinski definition) is 1. The van der Waals surface area contributed by atoms with Gasteiger partial charge in [0.15, 0.2) is 0 Å². The van der Waals surface area contributed by atoms with Gasteiger partial charge in [0.1, 0.15) is 11.4 Å². The van der Waals surface area contributed by atoms with Crippen LogP contribution in [0, 0.1) is 6.92 Å². The van der Waals surface area contributed by atoms with Gasteiger partial charge < -0.3 is 9.72 Å². The van der Waals surface area contributed by atoms with Gasteiger partial charge in [-0.2, -0.15) is 0 Å². The van der Waals surface area contributed by atoms with Crippen molar-refractivity contribution in [2.45, 2.75) is 52.2 Å². The third-order valence-electron chi connectivity index (χ3n) is 3.96. The predicted molar refractivity (Wildman–Crippen MR) is 93.4 cm³/mol. The summed E-state index contributed by atoms with van der Waals surface area (Å²) in [5, 5.41) is 0. The molecule has 1 aromatic carbocycles. The van der Waals surface area contributed by atoms with Gasteiger partial charge in [-0.15, -0.1) is 0 Å². The molecular weight excluding hydrogens is 358 g/mol. The van der Waals surface area contributed by atoms with Gasteiger partial charge in [0, 0.05) is 11.0 Å². The lowest BCUT2D eigenvalue weighted by Crippen LogP contribution is -2.36. The number of amides is 1. The minimum atomic E-state index is -0.487. The summed E-state index contributed by atoms with van der Waals surface area (Å²) in [5.41, 5.74) is 2.57. The highest BCUT2D eigenvalue weighted by Crippen LogP contribution is 2.33. The van der Waals surface area contributed by atoms with E-state index in [4.69, 9.17) is 9.72 Å². The summed E-state index contributed by atoms with van der Waals surface area (Å²) >= 11 is 3.51. The highest BCUT2D eigenvalue weighted by molar-refractivity contribution is 9.10. The van der Waals surface area contributed by atoms with E-state index in [1.54, 1.807) is 4.90 Å². The summed E-state index contributed by atoms with van der Waals surface area (Å²) in [6.07, 6.45) is 1.60. The first-order valence-corrected chi connectivity index (χ1v) is 8.69. The molecule has 0 unspecified atom stereocenters. The van der Waals surface area contributed by atoms with Gasteiger partial charge in [-0.05, 0) is 58.2 Å². The average molecular weight is 380 g/mol. The van der Waals surface area contributed by atoms with Crippen LogP contribution in [0.5, 0.6) is 0 Å². The Morgan fingerprint density at radius 3 is 2.87 bits per heavy atom. The monoisotopic (exact) mass is 379 g/mol. The molecule has 5 nitrogen and oxygen atoms in total. The molecule has 0 aliphatic carbocycles. The van der Waals surface area contributed by atoms with Crippen molar-refractivity contribution >= 4 is 33.1 Å². The van der Waals surface area contributed by atoms with Crippen LogP contribution in [-0.2, 0) is 4.74 Å². The number of nitrogens with one attached hydrogen (secondary N) is 1. The van der Waals surface area contributed by atoms with E-state index in [0.717, 1.165) is 39.7 Å². The zero-order chi connectivity index (χ0) is 16.8. The highest BCUT2D eigenvalue weighted by atomic mass is 79.9. The standard InChI is InChI=1S/C17H22BrN3O2/c1-10-8-11(18)9-12-14(10)20-15(19-12)13-6-5-7-21(13)16(22)23-17(2,3)4/h8-9,13H,5-7H2,1-4H3,(H,19,20)/t13-/m0/s1. The van der Waals surface area contributed by atoms with E-state index in [0.29, 0.717) is 6.54 Å². The van der Waals surface area contributed by atoms with E-state index in [9.17, 15) is 4.79 Å². The number of nitrogens with zero attached hydrogens (tertiary/aromatic N) is 2. The van der Waals surface area contributed by atoms with Crippen LogP contribution in [0.4, 0.5) is 4.79 Å². The fourth-order valence-electron chi connectivity index (χ4n) is 3.01. The van der Waals surface area contributed by atoms with Crippen LogP contribution in [0.1, 0.15) is 51.0 Å². The Balaban J connectivity index is 1.91. The lowest BCUT2D eigenvalue weighted by molar-refractivity contribution is 0.0219. The van der Waals surface area contributed by atoms with E-state index in [-0.39, 0.29) is 12.1 Å². The van der Waals surface area contributed by atoms with Gasteiger partial charge in [0.25, 0.3) is 0 Å². The molecule has 6 heteroatoms. The van der Waals surface area contributed by atoms with Crippen molar-refractivity contribution in [3.05, 3.63) is 28.0 Å². The number of halogens is 1. The third-order valence-corrected chi connectivity index (χ3v) is 4.41. The quantitative estimate of drug-likeness (QED) is 0.780. The minimum Gasteiger partial charge on any atom is -0.444 e. The number of aromatic amines is 1. The zero-order valence-corrected chi connectivity index (χ0v) is 15.5. The Morgan fingerprint density at radius 2 is 2.17 bits per heavy atom. The summed E-state index contributed by atoms with van der Waals surface area (Å²) in [5.74, 6) is 0.838. The lowest BCUT2D eigenvalue weighted by Gasteiger charge is -2.27. The van der Waals surface area contributed by atoms with E-state index >= 15 is 0 Å². The molecule has 1 atom stereocenters. The van der Waals surface area contributed by atoms with Crippen molar-refractivity contribution in [3.63, 3.8) is 0 Å². The van der Waals surface area contributed by atoms with E-state index in [2.05, 4.69) is 20.9 Å². The lowest BCUT2D eigenvalue weighted by atomic mass is 10.2. The topological polar surface area (TPSA) is 58.2 Å². The minimum absolute atomic E-state index is 0.0459. The fraction of sp³-hybridized carbons (Fsp3) is 0.529. The Kier molecular flexibility index (Phi) is 4.12. The Hall–Kier alpha value is -1.56. The van der Waals surface area contributed by atoms with E-state index in [1.165, 1.54) is 0 Å². The number of H-pyrrole nitrogens is 1. The Bertz CT molecular complexity index is 748. The molecule has 1 N–H and O–H groups in total. The van der Waals surface area contributed by atoms with E-state index in [1.807, 2.05) is 39.8 Å². The second kappa shape index (κ2) is 5.82. The molecule has 1 aromatic heterocycles. The Labute approximate surface area is 144 Å². The normalized spacial score (nSPS) is 18.7. The van der Waals surface area contributed by atoms with E-state index < -0.39 is 5.60 Å². The number of carbonyl (C=O) groups excluding carboxylic acids is 1. The molecule has 3 rings (SSSR count). The summed E-state index contributed by atoms with van der Waals surface area (Å²) in [4.78, 5) is 22.3. The number of aromatic nitrogens is 2. The van der Waals surface area contributed by atoms with Crippen molar-refractivity contribution in [2.75, 3.05) is 6.54 Å². The largest absolute Gasteiger partial charge is 0.444 e. The number of fused-ring (bicyclic) bond motifs is 1. The van der Waals surface area contributed by atoms with Crippen molar-refractivity contribution in [1.29, 1.82) is 0 Å². The van der Waals surface area contributed by atoms with Crippen molar-refractivity contribution in [3.8, 4) is 0 Å². The van der Waals surface area contributed by atoms with Crippen LogP contribution in [0.25, 0.3) is 11.0 Å². The van der Waals surface area contributed by atoms with Gasteiger partial charge in [-0.1, -0.05) is 15.9 Å². The Morgan fingerprint density at radius 1 is 1.43 bits per heavy atom. The van der Waals surface area contributed by atoms with Gasteiger partial charge in [0.05, 0.1) is 17.1 Å². The van der Waals surface area contributed by atoms with Crippen LogP contribution >= 0.6 is 15.9 Å². The maximum Gasteiger partial charge on any atom is 0.410 e. The van der Waals surface area contributed by atoms with Crippen LogP contribution < -0.4 is 0 Å². The zero-order valence-electron chi connectivity index (χ0n) is 13.9. The molecule has 1 aliphatic heterocycles. The summed E-state index contributed by atoms with van der Waals surface area (Å²) in [6.45, 7) is 8.41. The number of aryl methyl sites for hydroxylation is 1. The molecule has 1 aliphatic rings. The smallest absolute Gasteiger partial charge is 0.410 e. The number of ether oxygens (including phenoxy) is 1. The number of benzene rings is 1. The van der Waals surface area contributed by atoms with Crippen molar-refractivity contribution < 1.29 is 9.53 Å². The number of carbonyl (C=O) groups is 1. The first kappa shape index (κ1) is 16.3. The average Bonchev–Trinajstić information content (AvgIpc) is 3.00. The molecule has 23 heavy (non-hydrogen) atoms. The molecule has 124 valence electrons. The fourth-order valence-corrected chi connectivity index (χ4v) is 3.59. The summed E-state index contributed by atoms with van der Waals surface area (Å²) in [6, 6.07) is 4.02. The first-order chi connectivity index (χ1) is 10.7. The van der Waals surface area contributed by atoms with Gasteiger partial charge in [-0.3, -0.25) is 4.90 Å². The summed E-state index contributed by atoms with van der Waals surface area (Å²) in [7, 11) is 0. The van der Waals surface area contributed by atoms with Crippen LogP contribution in [0.3, 0.4) is 0 Å². The highest BCUT2D eigenvalue weighted by Gasteiger charge is 2.35. The molecule has 0 bridgehead atoms. The maximum atomic E-state index is 12.4. The third kappa shape index (κ3) is 3.37. The van der Waals surface area contributed by atoms with Crippen LogP contribution in [0.2, 0.25) is 0 Å². The number of rotatable bonds is 1. The molecule has 2 heterocycles. The van der Waals surface area contributed by atoms with Crippen LogP contribution in [0.15, 0.2) is 16.6 Å². The first-order valence-electron chi connectivity index (χ1n) is 7.90. The van der Waals surface area contributed by atoms with Crippen LogP contribution in [-0.4, -0.2) is 33.1 Å².